The molecular weight excluding hydrogens is 268 g/mol. The number of rotatable bonds is 3. The van der Waals surface area contributed by atoms with Gasteiger partial charge in [0, 0.05) is 37.8 Å². The Kier molecular flexibility index (Phi) is 4.22. The zero-order valence-corrected chi connectivity index (χ0v) is 12.3. The van der Waals surface area contributed by atoms with E-state index < -0.39 is 5.75 Å². The van der Waals surface area contributed by atoms with Gasteiger partial charge in [-0.05, 0) is 30.9 Å². The van der Waals surface area contributed by atoms with Crippen molar-refractivity contribution in [1.82, 2.24) is 10.2 Å². The molecule has 0 aromatic heterocycles. The summed E-state index contributed by atoms with van der Waals surface area (Å²) >= 11 is 0. The maximum atomic E-state index is 10.3. The average molecular weight is 292 g/mol. The zero-order valence-electron chi connectivity index (χ0n) is 12.3. The van der Waals surface area contributed by atoms with Gasteiger partial charge in [-0.25, -0.2) is 0 Å². The van der Waals surface area contributed by atoms with Crippen LogP contribution in [0.15, 0.2) is 12.1 Å². The van der Waals surface area contributed by atoms with Crippen LogP contribution in [0, 0.1) is 5.92 Å². The average Bonchev–Trinajstić information content (AvgIpc) is 3.03. The maximum Gasteiger partial charge on any atom is 0.200 e. The molecule has 1 saturated heterocycles. The van der Waals surface area contributed by atoms with Gasteiger partial charge in [0.2, 0.25) is 5.75 Å². The Labute approximate surface area is 125 Å². The largest absolute Gasteiger partial charge is 0.504 e. The summed E-state index contributed by atoms with van der Waals surface area (Å²) < 4.78 is 0. The predicted molar refractivity (Wildman–Crippen MR) is 80.6 cm³/mol. The van der Waals surface area contributed by atoms with Crippen LogP contribution >= 0.6 is 0 Å². The summed E-state index contributed by atoms with van der Waals surface area (Å²) in [6, 6.07) is 3.37. The molecule has 1 aliphatic heterocycles. The van der Waals surface area contributed by atoms with Crippen LogP contribution in [-0.2, 0) is 0 Å². The van der Waals surface area contributed by atoms with E-state index in [0.717, 1.165) is 44.6 Å². The summed E-state index contributed by atoms with van der Waals surface area (Å²) in [7, 11) is 0. The first kappa shape index (κ1) is 14.5. The van der Waals surface area contributed by atoms with Crippen LogP contribution in [0.2, 0.25) is 0 Å². The third-order valence-electron chi connectivity index (χ3n) is 4.87. The summed E-state index contributed by atoms with van der Waals surface area (Å²) in [6.07, 6.45) is 4.79. The molecule has 1 atom stereocenters. The second-order valence-corrected chi connectivity index (χ2v) is 6.15. The van der Waals surface area contributed by atoms with E-state index in [-0.39, 0.29) is 17.5 Å². The summed E-state index contributed by atoms with van der Waals surface area (Å²) in [5, 5.41) is 33.0. The first-order valence-electron chi connectivity index (χ1n) is 7.87. The van der Waals surface area contributed by atoms with Crippen molar-refractivity contribution in [2.75, 3.05) is 26.2 Å². The molecule has 116 valence electrons. The number of piperazine rings is 1. The van der Waals surface area contributed by atoms with Crippen molar-refractivity contribution in [3.8, 4) is 17.2 Å². The van der Waals surface area contributed by atoms with Gasteiger partial charge in [0.25, 0.3) is 0 Å². The molecule has 21 heavy (non-hydrogen) atoms. The standard InChI is InChI=1S/C16H24N2O3/c19-13-6-5-12(15(20)16(13)21)14(11-3-1-2-4-11)18-9-7-17-8-10-18/h5-6,11,14,17,19-21H,1-4,7-10H2/t14-/m1/s1. The lowest BCUT2D eigenvalue weighted by Crippen LogP contribution is -2.46. The summed E-state index contributed by atoms with van der Waals surface area (Å²) in [4.78, 5) is 2.40. The van der Waals surface area contributed by atoms with Gasteiger partial charge in [0.15, 0.2) is 11.5 Å². The van der Waals surface area contributed by atoms with Gasteiger partial charge in [0.1, 0.15) is 0 Å². The highest BCUT2D eigenvalue weighted by atomic mass is 16.3. The van der Waals surface area contributed by atoms with Gasteiger partial charge < -0.3 is 20.6 Å². The zero-order chi connectivity index (χ0) is 14.8. The number of benzene rings is 1. The van der Waals surface area contributed by atoms with Crippen LogP contribution in [0.3, 0.4) is 0 Å². The Morgan fingerprint density at radius 2 is 1.67 bits per heavy atom. The van der Waals surface area contributed by atoms with Crippen molar-refractivity contribution < 1.29 is 15.3 Å². The first-order valence-corrected chi connectivity index (χ1v) is 7.87. The normalized spacial score (nSPS) is 22.5. The molecule has 3 rings (SSSR count). The smallest absolute Gasteiger partial charge is 0.200 e. The number of hydrogen-bond donors (Lipinski definition) is 4. The van der Waals surface area contributed by atoms with Crippen LogP contribution < -0.4 is 5.32 Å². The van der Waals surface area contributed by atoms with Crippen LogP contribution in [-0.4, -0.2) is 46.4 Å². The van der Waals surface area contributed by atoms with Gasteiger partial charge in [-0.3, -0.25) is 4.90 Å². The molecule has 1 aromatic rings. The van der Waals surface area contributed by atoms with E-state index in [4.69, 9.17) is 0 Å². The first-order chi connectivity index (χ1) is 10.2. The van der Waals surface area contributed by atoms with Crippen molar-refractivity contribution >= 4 is 0 Å². The van der Waals surface area contributed by atoms with Crippen molar-refractivity contribution in [1.29, 1.82) is 0 Å². The van der Waals surface area contributed by atoms with Gasteiger partial charge in [0.05, 0.1) is 0 Å². The second kappa shape index (κ2) is 6.12. The van der Waals surface area contributed by atoms with Crippen LogP contribution in [0.5, 0.6) is 17.2 Å². The monoisotopic (exact) mass is 292 g/mol. The molecule has 5 heteroatoms. The molecule has 0 unspecified atom stereocenters. The minimum atomic E-state index is -0.398. The van der Waals surface area contributed by atoms with E-state index in [9.17, 15) is 15.3 Å². The lowest BCUT2D eigenvalue weighted by atomic mass is 9.89. The molecule has 1 aliphatic carbocycles. The lowest BCUT2D eigenvalue weighted by Gasteiger charge is -2.39. The van der Waals surface area contributed by atoms with Crippen molar-refractivity contribution in [2.45, 2.75) is 31.7 Å². The Bertz CT molecular complexity index is 495. The Balaban J connectivity index is 1.96. The molecule has 0 amide bonds. The number of aromatic hydroxyl groups is 3. The third kappa shape index (κ3) is 2.80. The molecule has 4 N–H and O–H groups in total. The van der Waals surface area contributed by atoms with Crippen molar-refractivity contribution in [3.63, 3.8) is 0 Å². The molecule has 2 aliphatic rings. The van der Waals surface area contributed by atoms with Crippen LogP contribution in [0.25, 0.3) is 0 Å². The summed E-state index contributed by atoms with van der Waals surface area (Å²) in [5.41, 5.74) is 0.749. The van der Waals surface area contributed by atoms with Crippen molar-refractivity contribution in [2.24, 2.45) is 5.92 Å². The topological polar surface area (TPSA) is 76.0 Å². The molecule has 1 saturated carbocycles. The number of nitrogens with zero attached hydrogens (tertiary/aromatic N) is 1. The predicted octanol–water partition coefficient (Wildman–Crippen LogP) is 1.94. The lowest BCUT2D eigenvalue weighted by molar-refractivity contribution is 0.123. The van der Waals surface area contributed by atoms with Crippen LogP contribution in [0.4, 0.5) is 0 Å². The molecule has 0 bridgehead atoms. The molecular formula is C16H24N2O3. The van der Waals surface area contributed by atoms with E-state index in [0.29, 0.717) is 5.92 Å². The summed E-state index contributed by atoms with van der Waals surface area (Å²) in [6.45, 7) is 3.80. The minimum absolute atomic E-state index is 0.126. The van der Waals surface area contributed by atoms with E-state index in [2.05, 4.69) is 10.2 Å². The van der Waals surface area contributed by atoms with E-state index in [1.807, 2.05) is 0 Å². The van der Waals surface area contributed by atoms with Crippen LogP contribution in [0.1, 0.15) is 37.3 Å². The maximum absolute atomic E-state index is 10.3. The quantitative estimate of drug-likeness (QED) is 0.641. The van der Waals surface area contributed by atoms with Gasteiger partial charge >= 0.3 is 0 Å². The molecule has 0 radical (unpaired) electrons. The van der Waals surface area contributed by atoms with E-state index >= 15 is 0 Å². The molecule has 0 spiro atoms. The summed E-state index contributed by atoms with van der Waals surface area (Å²) in [5.74, 6) is -0.310. The van der Waals surface area contributed by atoms with Crippen molar-refractivity contribution in [3.05, 3.63) is 17.7 Å². The molecule has 2 fully saturated rings. The minimum Gasteiger partial charge on any atom is -0.504 e. The highest BCUT2D eigenvalue weighted by molar-refractivity contribution is 5.54. The Hall–Kier alpha value is -1.46. The van der Waals surface area contributed by atoms with E-state index in [1.165, 1.54) is 18.9 Å². The second-order valence-electron chi connectivity index (χ2n) is 6.15. The highest BCUT2D eigenvalue weighted by Crippen LogP contribution is 2.47. The van der Waals surface area contributed by atoms with Gasteiger partial charge in [-0.15, -0.1) is 0 Å². The number of phenols is 3. The fraction of sp³-hybridized carbons (Fsp3) is 0.625. The fourth-order valence-electron chi connectivity index (χ4n) is 3.81. The SMILES string of the molecule is Oc1ccc([C@@H](C2CCCC2)N2CCNCC2)c(O)c1O. The number of hydrogen-bond acceptors (Lipinski definition) is 5. The number of nitrogens with one attached hydrogen (secondary N) is 1. The Morgan fingerprint density at radius 1 is 1.00 bits per heavy atom. The van der Waals surface area contributed by atoms with Gasteiger partial charge in [-0.2, -0.15) is 0 Å². The molecule has 5 nitrogen and oxygen atoms in total. The van der Waals surface area contributed by atoms with E-state index in [1.54, 1.807) is 6.07 Å². The number of phenolic OH excluding ortho intramolecular Hbond substituents is 3. The fourth-order valence-corrected chi connectivity index (χ4v) is 3.81. The molecule has 1 heterocycles. The Morgan fingerprint density at radius 3 is 2.33 bits per heavy atom. The third-order valence-corrected chi connectivity index (χ3v) is 4.87. The highest BCUT2D eigenvalue weighted by Gasteiger charge is 2.34. The van der Waals surface area contributed by atoms with Gasteiger partial charge in [-0.1, -0.05) is 12.8 Å². The molecule has 1 aromatic carbocycles.